The van der Waals surface area contributed by atoms with Crippen molar-refractivity contribution in [3.63, 3.8) is 0 Å². The van der Waals surface area contributed by atoms with Crippen LogP contribution in [0.15, 0.2) is 0 Å². The fraction of sp³-hybridized carbons (Fsp3) is 1.00. The second-order valence-corrected chi connectivity index (χ2v) is 5.34. The highest BCUT2D eigenvalue weighted by Gasteiger charge is 2.28. The van der Waals surface area contributed by atoms with Crippen molar-refractivity contribution in [3.05, 3.63) is 0 Å². The van der Waals surface area contributed by atoms with Crippen molar-refractivity contribution in [2.24, 2.45) is 5.92 Å². The van der Waals surface area contributed by atoms with Crippen LogP contribution in [-0.2, 0) is 4.74 Å². The van der Waals surface area contributed by atoms with Gasteiger partial charge in [-0.25, -0.2) is 0 Å². The first-order valence-corrected chi connectivity index (χ1v) is 6.97. The summed E-state index contributed by atoms with van der Waals surface area (Å²) in [6.07, 6.45) is 8.61. The molecule has 0 amide bonds. The summed E-state index contributed by atoms with van der Waals surface area (Å²) in [6, 6.07) is 1.20. The van der Waals surface area contributed by atoms with E-state index in [0.29, 0.717) is 12.1 Å². The van der Waals surface area contributed by atoms with Crippen LogP contribution in [0.4, 0.5) is 0 Å². The van der Waals surface area contributed by atoms with Crippen LogP contribution in [0.2, 0.25) is 0 Å². The molecule has 1 N–H and O–H groups in total. The molecule has 0 bridgehead atoms. The molecule has 4 unspecified atom stereocenters. The van der Waals surface area contributed by atoms with Crippen LogP contribution in [0.5, 0.6) is 0 Å². The lowest BCUT2D eigenvalue weighted by Crippen LogP contribution is -2.44. The summed E-state index contributed by atoms with van der Waals surface area (Å²) < 4.78 is 5.38. The minimum absolute atomic E-state index is 0.312. The van der Waals surface area contributed by atoms with Gasteiger partial charge in [0.15, 0.2) is 0 Å². The van der Waals surface area contributed by atoms with Crippen molar-refractivity contribution < 1.29 is 4.74 Å². The Morgan fingerprint density at radius 2 is 2.06 bits per heavy atom. The molecule has 0 spiro atoms. The molecule has 0 aromatic carbocycles. The van der Waals surface area contributed by atoms with E-state index in [9.17, 15) is 0 Å². The molecular weight excluding hydrogens is 198 g/mol. The molecular formula is C14H29NO. The van der Waals surface area contributed by atoms with Crippen molar-refractivity contribution in [2.75, 3.05) is 7.11 Å². The molecule has 16 heavy (non-hydrogen) atoms. The SMILES string of the molecule is CCCCC1CCCC1NC(C)C(C)OC. The average molecular weight is 227 g/mol. The highest BCUT2D eigenvalue weighted by atomic mass is 16.5. The molecule has 0 aromatic heterocycles. The molecule has 1 aliphatic rings. The molecule has 1 saturated carbocycles. The minimum atomic E-state index is 0.312. The third-order valence-electron chi connectivity index (χ3n) is 4.14. The fourth-order valence-corrected chi connectivity index (χ4v) is 2.75. The highest BCUT2D eigenvalue weighted by molar-refractivity contribution is 4.86. The van der Waals surface area contributed by atoms with Crippen LogP contribution in [-0.4, -0.2) is 25.3 Å². The van der Waals surface area contributed by atoms with Crippen LogP contribution in [0.25, 0.3) is 0 Å². The van der Waals surface area contributed by atoms with E-state index in [2.05, 4.69) is 26.1 Å². The molecule has 4 atom stereocenters. The lowest BCUT2D eigenvalue weighted by Gasteiger charge is -2.28. The van der Waals surface area contributed by atoms with Gasteiger partial charge in [0.2, 0.25) is 0 Å². The number of hydrogen-bond acceptors (Lipinski definition) is 2. The van der Waals surface area contributed by atoms with E-state index < -0.39 is 0 Å². The van der Waals surface area contributed by atoms with Gasteiger partial charge in [0.25, 0.3) is 0 Å². The summed E-state index contributed by atoms with van der Waals surface area (Å²) in [5.41, 5.74) is 0. The topological polar surface area (TPSA) is 21.3 Å². The van der Waals surface area contributed by atoms with Gasteiger partial charge in [-0.3, -0.25) is 0 Å². The zero-order valence-corrected chi connectivity index (χ0v) is 11.5. The van der Waals surface area contributed by atoms with Crippen molar-refractivity contribution in [1.29, 1.82) is 0 Å². The Morgan fingerprint density at radius 1 is 1.31 bits per heavy atom. The van der Waals surface area contributed by atoms with Crippen LogP contribution >= 0.6 is 0 Å². The van der Waals surface area contributed by atoms with Gasteiger partial charge in [0.1, 0.15) is 0 Å². The Hall–Kier alpha value is -0.0800. The summed E-state index contributed by atoms with van der Waals surface area (Å²) >= 11 is 0. The van der Waals surface area contributed by atoms with Crippen molar-refractivity contribution in [3.8, 4) is 0 Å². The number of methoxy groups -OCH3 is 1. The Morgan fingerprint density at radius 3 is 2.69 bits per heavy atom. The van der Waals surface area contributed by atoms with Gasteiger partial charge < -0.3 is 10.1 Å². The zero-order chi connectivity index (χ0) is 12.0. The van der Waals surface area contributed by atoms with E-state index in [1.807, 2.05) is 0 Å². The minimum Gasteiger partial charge on any atom is -0.380 e. The maximum atomic E-state index is 5.38. The van der Waals surface area contributed by atoms with Gasteiger partial charge in [-0.1, -0.05) is 26.2 Å². The van der Waals surface area contributed by atoms with Gasteiger partial charge in [-0.2, -0.15) is 0 Å². The van der Waals surface area contributed by atoms with Crippen molar-refractivity contribution in [1.82, 2.24) is 5.32 Å². The van der Waals surface area contributed by atoms with E-state index >= 15 is 0 Å². The van der Waals surface area contributed by atoms with E-state index in [4.69, 9.17) is 4.74 Å². The number of nitrogens with one attached hydrogen (secondary N) is 1. The fourth-order valence-electron chi connectivity index (χ4n) is 2.75. The number of ether oxygens (including phenoxy) is 1. The number of unbranched alkanes of at least 4 members (excludes halogenated alkanes) is 1. The predicted molar refractivity (Wildman–Crippen MR) is 69.7 cm³/mol. The zero-order valence-electron chi connectivity index (χ0n) is 11.5. The largest absolute Gasteiger partial charge is 0.380 e. The molecule has 0 aromatic rings. The van der Waals surface area contributed by atoms with Crippen LogP contribution in [0, 0.1) is 5.92 Å². The lowest BCUT2D eigenvalue weighted by atomic mass is 9.96. The van der Waals surface area contributed by atoms with Crippen molar-refractivity contribution in [2.45, 2.75) is 77.5 Å². The molecule has 0 aliphatic heterocycles. The third kappa shape index (κ3) is 4.06. The Balaban J connectivity index is 2.34. The molecule has 96 valence electrons. The van der Waals surface area contributed by atoms with E-state index in [1.54, 1.807) is 7.11 Å². The maximum Gasteiger partial charge on any atom is 0.0693 e. The molecule has 1 rings (SSSR count). The number of hydrogen-bond donors (Lipinski definition) is 1. The molecule has 0 heterocycles. The van der Waals surface area contributed by atoms with Gasteiger partial charge in [-0.15, -0.1) is 0 Å². The van der Waals surface area contributed by atoms with Gasteiger partial charge in [-0.05, 0) is 39.0 Å². The smallest absolute Gasteiger partial charge is 0.0693 e. The number of rotatable bonds is 7. The predicted octanol–water partition coefficient (Wildman–Crippen LogP) is 3.36. The molecule has 1 aliphatic carbocycles. The Bertz CT molecular complexity index is 184. The molecule has 1 fully saturated rings. The quantitative estimate of drug-likeness (QED) is 0.720. The molecule has 0 saturated heterocycles. The summed E-state index contributed by atoms with van der Waals surface area (Å²) in [5, 5.41) is 3.76. The third-order valence-corrected chi connectivity index (χ3v) is 4.14. The first-order chi connectivity index (χ1) is 7.69. The van der Waals surface area contributed by atoms with E-state index in [0.717, 1.165) is 12.0 Å². The monoisotopic (exact) mass is 227 g/mol. The highest BCUT2D eigenvalue weighted by Crippen LogP contribution is 2.30. The summed E-state index contributed by atoms with van der Waals surface area (Å²) in [6.45, 7) is 6.67. The van der Waals surface area contributed by atoms with Gasteiger partial charge in [0, 0.05) is 19.2 Å². The van der Waals surface area contributed by atoms with Crippen LogP contribution in [0.3, 0.4) is 0 Å². The Labute approximate surface area is 101 Å². The summed E-state index contributed by atoms with van der Waals surface area (Å²) in [4.78, 5) is 0. The molecule has 2 heteroatoms. The van der Waals surface area contributed by atoms with E-state index in [-0.39, 0.29) is 0 Å². The first kappa shape index (κ1) is 14.0. The molecule has 2 nitrogen and oxygen atoms in total. The standard InChI is InChI=1S/C14H29NO/c1-5-6-8-13-9-7-10-14(13)15-11(2)12(3)16-4/h11-15H,5-10H2,1-4H3. The summed E-state index contributed by atoms with van der Waals surface area (Å²) in [7, 11) is 1.80. The average Bonchev–Trinajstić information content (AvgIpc) is 2.72. The normalized spacial score (nSPS) is 29.2. The maximum absolute atomic E-state index is 5.38. The van der Waals surface area contributed by atoms with Gasteiger partial charge in [0.05, 0.1) is 6.10 Å². The lowest BCUT2D eigenvalue weighted by molar-refractivity contribution is 0.0818. The molecule has 0 radical (unpaired) electrons. The van der Waals surface area contributed by atoms with Crippen LogP contribution < -0.4 is 5.32 Å². The van der Waals surface area contributed by atoms with E-state index in [1.165, 1.54) is 38.5 Å². The van der Waals surface area contributed by atoms with Crippen LogP contribution in [0.1, 0.15) is 59.3 Å². The van der Waals surface area contributed by atoms with Crippen molar-refractivity contribution >= 4 is 0 Å². The first-order valence-electron chi connectivity index (χ1n) is 6.97. The van der Waals surface area contributed by atoms with Gasteiger partial charge >= 0.3 is 0 Å². The Kier molecular flexibility index (Phi) is 6.37. The second-order valence-electron chi connectivity index (χ2n) is 5.34. The summed E-state index contributed by atoms with van der Waals surface area (Å²) in [5.74, 6) is 0.909. The second kappa shape index (κ2) is 7.29.